The molecule has 0 amide bonds. The minimum atomic E-state index is -4.18. The number of nitrogens with zero attached hydrogens (tertiary/aromatic N) is 1. The lowest BCUT2D eigenvalue weighted by atomic mass is 10.2. The van der Waals surface area contributed by atoms with Gasteiger partial charge in [0.25, 0.3) is 5.92 Å². The number of aryl methyl sites for hydroxylation is 1. The fraction of sp³-hybridized carbons (Fsp3) is 0.462. The van der Waals surface area contributed by atoms with Crippen LogP contribution in [0.15, 0.2) is 29.2 Å². The molecule has 1 aromatic carbocycles. The maximum atomic E-state index is 13.5. The molecule has 21 heavy (non-hydrogen) atoms. The topological polar surface area (TPSA) is 63.7 Å². The number of esters is 1. The quantitative estimate of drug-likeness (QED) is 0.793. The lowest BCUT2D eigenvalue weighted by Gasteiger charge is -2.21. The molecule has 0 radical (unpaired) electrons. The molecule has 0 N–H and O–H groups in total. The van der Waals surface area contributed by atoms with E-state index in [1.807, 2.05) is 0 Å². The van der Waals surface area contributed by atoms with E-state index < -0.39 is 40.9 Å². The van der Waals surface area contributed by atoms with Crippen LogP contribution in [0.1, 0.15) is 12.0 Å². The van der Waals surface area contributed by atoms with Crippen LogP contribution in [0.3, 0.4) is 0 Å². The smallest absolute Gasteiger partial charge is 0.324 e. The lowest BCUT2D eigenvalue weighted by Crippen LogP contribution is -2.41. The molecule has 5 nitrogen and oxygen atoms in total. The second kappa shape index (κ2) is 5.34. The average molecular weight is 319 g/mol. The maximum Gasteiger partial charge on any atom is 0.324 e. The van der Waals surface area contributed by atoms with Crippen molar-refractivity contribution in [2.24, 2.45) is 0 Å². The van der Waals surface area contributed by atoms with E-state index >= 15 is 0 Å². The van der Waals surface area contributed by atoms with Crippen LogP contribution in [0.25, 0.3) is 0 Å². The molecule has 0 aliphatic carbocycles. The van der Waals surface area contributed by atoms with Crippen LogP contribution in [-0.2, 0) is 19.6 Å². The molecular formula is C13H15F2NO4S. The zero-order chi connectivity index (χ0) is 15.8. The van der Waals surface area contributed by atoms with Crippen LogP contribution >= 0.6 is 0 Å². The van der Waals surface area contributed by atoms with Gasteiger partial charge in [-0.05, 0) is 19.1 Å². The zero-order valence-electron chi connectivity index (χ0n) is 11.5. The Morgan fingerprint density at radius 3 is 2.43 bits per heavy atom. The largest absolute Gasteiger partial charge is 0.468 e. The Kier molecular flexibility index (Phi) is 4.03. The summed E-state index contributed by atoms with van der Waals surface area (Å²) in [5.74, 6) is -4.24. The van der Waals surface area contributed by atoms with Crippen molar-refractivity contribution >= 4 is 16.0 Å². The average Bonchev–Trinajstić information content (AvgIpc) is 2.75. The number of methoxy groups -OCH3 is 1. The van der Waals surface area contributed by atoms with Gasteiger partial charge < -0.3 is 4.74 Å². The van der Waals surface area contributed by atoms with Gasteiger partial charge in [-0.2, -0.15) is 4.31 Å². The molecule has 0 saturated carbocycles. The van der Waals surface area contributed by atoms with E-state index in [4.69, 9.17) is 0 Å². The Morgan fingerprint density at radius 2 is 1.90 bits per heavy atom. The van der Waals surface area contributed by atoms with Gasteiger partial charge in [-0.25, -0.2) is 17.2 Å². The molecule has 1 atom stereocenters. The molecule has 1 saturated heterocycles. The van der Waals surface area contributed by atoms with Crippen LogP contribution in [0.4, 0.5) is 8.78 Å². The van der Waals surface area contributed by atoms with Crippen molar-refractivity contribution in [3.63, 3.8) is 0 Å². The van der Waals surface area contributed by atoms with E-state index in [9.17, 15) is 22.0 Å². The van der Waals surface area contributed by atoms with Crippen molar-refractivity contribution < 1.29 is 26.7 Å². The number of carbonyl (C=O) groups excluding carboxylic acids is 1. The fourth-order valence-electron chi connectivity index (χ4n) is 2.22. The SMILES string of the molecule is COC(=O)C1CC(F)(F)CN1S(=O)(=O)c1ccc(C)cc1. The molecule has 1 aliphatic rings. The molecular weight excluding hydrogens is 304 g/mol. The van der Waals surface area contributed by atoms with E-state index in [1.54, 1.807) is 19.1 Å². The van der Waals surface area contributed by atoms with Crippen LogP contribution in [-0.4, -0.2) is 44.3 Å². The Hall–Kier alpha value is -1.54. The Morgan fingerprint density at radius 1 is 1.33 bits per heavy atom. The lowest BCUT2D eigenvalue weighted by molar-refractivity contribution is -0.144. The van der Waals surface area contributed by atoms with E-state index in [0.29, 0.717) is 4.31 Å². The molecule has 116 valence electrons. The molecule has 1 heterocycles. The van der Waals surface area contributed by atoms with Crippen molar-refractivity contribution in [3.8, 4) is 0 Å². The summed E-state index contributed by atoms with van der Waals surface area (Å²) < 4.78 is 56.9. The number of halogens is 2. The summed E-state index contributed by atoms with van der Waals surface area (Å²) in [5.41, 5.74) is 0.838. The van der Waals surface area contributed by atoms with Gasteiger partial charge in [0, 0.05) is 6.42 Å². The number of hydrogen-bond donors (Lipinski definition) is 0. The number of ether oxygens (including phenoxy) is 1. The first-order chi connectivity index (χ1) is 9.67. The van der Waals surface area contributed by atoms with E-state index in [-0.39, 0.29) is 4.90 Å². The summed E-state index contributed by atoms with van der Waals surface area (Å²) in [4.78, 5) is 11.5. The van der Waals surface area contributed by atoms with Crippen LogP contribution in [0, 0.1) is 6.92 Å². The van der Waals surface area contributed by atoms with Crippen molar-refractivity contribution in [2.75, 3.05) is 13.7 Å². The number of alkyl halides is 2. The van der Waals surface area contributed by atoms with Gasteiger partial charge in [0.2, 0.25) is 10.0 Å². The van der Waals surface area contributed by atoms with Gasteiger partial charge in [-0.3, -0.25) is 4.79 Å². The number of sulfonamides is 1. The molecule has 1 aromatic rings. The van der Waals surface area contributed by atoms with Gasteiger partial charge in [0.05, 0.1) is 18.6 Å². The van der Waals surface area contributed by atoms with Crippen molar-refractivity contribution in [1.82, 2.24) is 4.31 Å². The number of hydrogen-bond acceptors (Lipinski definition) is 4. The zero-order valence-corrected chi connectivity index (χ0v) is 12.4. The minimum absolute atomic E-state index is 0.125. The third-order valence-corrected chi connectivity index (χ3v) is 5.20. The highest BCUT2D eigenvalue weighted by molar-refractivity contribution is 7.89. The molecule has 1 aliphatic heterocycles. The maximum absolute atomic E-state index is 13.5. The minimum Gasteiger partial charge on any atom is -0.468 e. The Labute approximate surface area is 121 Å². The first-order valence-corrected chi connectivity index (χ1v) is 7.65. The highest BCUT2D eigenvalue weighted by atomic mass is 32.2. The summed E-state index contributed by atoms with van der Waals surface area (Å²) in [5, 5.41) is 0. The van der Waals surface area contributed by atoms with Gasteiger partial charge in [-0.1, -0.05) is 17.7 Å². The van der Waals surface area contributed by atoms with E-state index in [0.717, 1.165) is 12.7 Å². The van der Waals surface area contributed by atoms with E-state index in [2.05, 4.69) is 4.74 Å². The highest BCUT2D eigenvalue weighted by Crippen LogP contribution is 2.36. The predicted octanol–water partition coefficient (Wildman–Crippen LogP) is 1.57. The summed E-state index contributed by atoms with van der Waals surface area (Å²) in [7, 11) is -3.14. The van der Waals surface area contributed by atoms with Crippen molar-refractivity contribution in [2.45, 2.75) is 30.2 Å². The summed E-state index contributed by atoms with van der Waals surface area (Å²) in [6.07, 6.45) is -0.870. The second-order valence-corrected chi connectivity index (χ2v) is 6.85. The first-order valence-electron chi connectivity index (χ1n) is 6.21. The molecule has 0 spiro atoms. The molecule has 8 heteroatoms. The summed E-state index contributed by atoms with van der Waals surface area (Å²) >= 11 is 0. The monoisotopic (exact) mass is 319 g/mol. The van der Waals surface area contributed by atoms with E-state index in [1.165, 1.54) is 12.1 Å². The second-order valence-electron chi connectivity index (χ2n) is 4.96. The van der Waals surface area contributed by atoms with Gasteiger partial charge in [0.1, 0.15) is 6.04 Å². The summed E-state index contributed by atoms with van der Waals surface area (Å²) in [6, 6.07) is 4.28. The molecule has 0 bridgehead atoms. The third kappa shape index (κ3) is 3.06. The van der Waals surface area contributed by atoms with Gasteiger partial charge >= 0.3 is 5.97 Å². The number of benzene rings is 1. The van der Waals surface area contributed by atoms with Crippen molar-refractivity contribution in [1.29, 1.82) is 0 Å². The van der Waals surface area contributed by atoms with Crippen molar-refractivity contribution in [3.05, 3.63) is 29.8 Å². The Balaban J connectivity index is 2.41. The normalized spacial score (nSPS) is 22.2. The molecule has 1 fully saturated rings. The number of rotatable bonds is 3. The summed E-state index contributed by atoms with van der Waals surface area (Å²) in [6.45, 7) is 0.751. The molecule has 1 unspecified atom stereocenters. The van der Waals surface area contributed by atoms with Crippen LogP contribution in [0.2, 0.25) is 0 Å². The van der Waals surface area contributed by atoms with Gasteiger partial charge in [0.15, 0.2) is 0 Å². The van der Waals surface area contributed by atoms with Gasteiger partial charge in [-0.15, -0.1) is 0 Å². The van der Waals surface area contributed by atoms with Crippen LogP contribution in [0.5, 0.6) is 0 Å². The first kappa shape index (κ1) is 15.8. The predicted molar refractivity (Wildman–Crippen MR) is 70.4 cm³/mol. The fourth-order valence-corrected chi connectivity index (χ4v) is 3.83. The van der Waals surface area contributed by atoms with Crippen LogP contribution < -0.4 is 0 Å². The highest BCUT2D eigenvalue weighted by Gasteiger charge is 2.53. The third-order valence-electron chi connectivity index (χ3n) is 3.33. The standard InChI is InChI=1S/C13H15F2NO4S/c1-9-3-5-10(6-4-9)21(18,19)16-8-13(14,15)7-11(16)12(17)20-2/h3-6,11H,7-8H2,1-2H3. The molecule has 0 aromatic heterocycles. The molecule has 2 rings (SSSR count). The number of carbonyl (C=O) groups is 1. The Bertz CT molecular complexity index is 643.